The highest BCUT2D eigenvalue weighted by molar-refractivity contribution is 5.92. The molecule has 1 fully saturated rings. The maximum absolute atomic E-state index is 12.5. The van der Waals surface area contributed by atoms with Crippen molar-refractivity contribution in [3.8, 4) is 0 Å². The van der Waals surface area contributed by atoms with Crippen molar-refractivity contribution in [2.45, 2.75) is 26.2 Å². The number of anilines is 1. The van der Waals surface area contributed by atoms with Gasteiger partial charge in [0.1, 0.15) is 0 Å². The number of nitrogens with zero attached hydrogens (tertiary/aromatic N) is 1. The summed E-state index contributed by atoms with van der Waals surface area (Å²) >= 11 is 0. The molecule has 0 bridgehead atoms. The summed E-state index contributed by atoms with van der Waals surface area (Å²) in [5, 5.41) is 3.07. The average Bonchev–Trinajstić information content (AvgIpc) is 2.70. The van der Waals surface area contributed by atoms with E-state index in [1.165, 1.54) is 11.1 Å². The maximum atomic E-state index is 12.5. The molecule has 3 nitrogen and oxygen atoms in total. The molecule has 0 aromatic heterocycles. The number of likely N-dealkylation sites (tertiary alicyclic amines) is 1. The highest BCUT2D eigenvalue weighted by Crippen LogP contribution is 2.20. The molecule has 1 N–H and O–H groups in total. The van der Waals surface area contributed by atoms with E-state index in [1.54, 1.807) is 0 Å². The van der Waals surface area contributed by atoms with Gasteiger partial charge in [0.25, 0.3) is 0 Å². The van der Waals surface area contributed by atoms with Gasteiger partial charge in [0.2, 0.25) is 5.91 Å². The van der Waals surface area contributed by atoms with Crippen LogP contribution in [0.1, 0.15) is 30.9 Å². The van der Waals surface area contributed by atoms with Crippen molar-refractivity contribution in [1.82, 2.24) is 4.90 Å². The van der Waals surface area contributed by atoms with E-state index in [4.69, 9.17) is 0 Å². The first-order valence-electron chi connectivity index (χ1n) is 9.58. The highest BCUT2D eigenvalue weighted by Gasteiger charge is 2.24. The van der Waals surface area contributed by atoms with Crippen molar-refractivity contribution in [1.29, 1.82) is 0 Å². The summed E-state index contributed by atoms with van der Waals surface area (Å²) in [7, 11) is 0. The minimum absolute atomic E-state index is 0.121. The molecular weight excluding hydrogens is 320 g/mol. The van der Waals surface area contributed by atoms with E-state index in [0.29, 0.717) is 0 Å². The van der Waals surface area contributed by atoms with Gasteiger partial charge in [-0.2, -0.15) is 0 Å². The summed E-state index contributed by atoms with van der Waals surface area (Å²) in [6.45, 7) is 5.04. The number of rotatable bonds is 6. The standard InChI is InChI=1S/C23H28N2O/c1-2-19-10-12-22(13-11-19)24-23(26)21-14-17-25(18-15-21)16-6-9-20-7-4-3-5-8-20/h3-13,21H,2,14-18H2,1H3,(H,24,26)/b9-6+. The van der Waals surface area contributed by atoms with Crippen LogP contribution in [0.2, 0.25) is 0 Å². The zero-order chi connectivity index (χ0) is 18.2. The average molecular weight is 348 g/mol. The molecule has 0 radical (unpaired) electrons. The Balaban J connectivity index is 1.42. The summed E-state index contributed by atoms with van der Waals surface area (Å²) in [5.74, 6) is 0.281. The second kappa shape index (κ2) is 9.35. The second-order valence-electron chi connectivity index (χ2n) is 6.93. The third-order valence-electron chi connectivity index (χ3n) is 5.06. The molecule has 1 saturated heterocycles. The number of carbonyl (C=O) groups is 1. The monoisotopic (exact) mass is 348 g/mol. The van der Waals surface area contributed by atoms with Gasteiger partial charge in [-0.1, -0.05) is 61.5 Å². The number of aryl methyl sites for hydroxylation is 1. The Morgan fingerprint density at radius 3 is 2.42 bits per heavy atom. The van der Waals surface area contributed by atoms with Crippen LogP contribution in [0.25, 0.3) is 6.08 Å². The molecule has 1 aliphatic heterocycles. The Bertz CT molecular complexity index is 714. The van der Waals surface area contributed by atoms with Gasteiger partial charge in [-0.3, -0.25) is 9.69 Å². The molecule has 1 aliphatic rings. The van der Waals surface area contributed by atoms with Gasteiger partial charge >= 0.3 is 0 Å². The van der Waals surface area contributed by atoms with Crippen LogP contribution in [0.5, 0.6) is 0 Å². The number of benzene rings is 2. The number of amides is 1. The van der Waals surface area contributed by atoms with E-state index in [-0.39, 0.29) is 11.8 Å². The molecule has 0 unspecified atom stereocenters. The first-order valence-corrected chi connectivity index (χ1v) is 9.58. The molecule has 1 amide bonds. The van der Waals surface area contributed by atoms with Gasteiger partial charge in [0.05, 0.1) is 0 Å². The maximum Gasteiger partial charge on any atom is 0.227 e. The quantitative estimate of drug-likeness (QED) is 0.826. The van der Waals surface area contributed by atoms with Crippen LogP contribution >= 0.6 is 0 Å². The minimum Gasteiger partial charge on any atom is -0.326 e. The predicted molar refractivity (Wildman–Crippen MR) is 109 cm³/mol. The fourth-order valence-corrected chi connectivity index (χ4v) is 3.35. The van der Waals surface area contributed by atoms with Crippen LogP contribution in [-0.2, 0) is 11.2 Å². The number of hydrogen-bond donors (Lipinski definition) is 1. The largest absolute Gasteiger partial charge is 0.326 e. The van der Waals surface area contributed by atoms with Gasteiger partial charge in [0.15, 0.2) is 0 Å². The highest BCUT2D eigenvalue weighted by atomic mass is 16.1. The van der Waals surface area contributed by atoms with Crippen molar-refractivity contribution in [3.05, 3.63) is 71.8 Å². The molecule has 2 aromatic carbocycles. The summed E-state index contributed by atoms with van der Waals surface area (Å²) in [5.41, 5.74) is 3.43. The van der Waals surface area contributed by atoms with Gasteiger partial charge in [-0.15, -0.1) is 0 Å². The fraction of sp³-hybridized carbons (Fsp3) is 0.348. The van der Waals surface area contributed by atoms with E-state index in [2.05, 4.69) is 65.7 Å². The molecule has 0 atom stereocenters. The lowest BCUT2D eigenvalue weighted by molar-refractivity contribution is -0.121. The van der Waals surface area contributed by atoms with Crippen molar-refractivity contribution in [2.24, 2.45) is 5.92 Å². The van der Waals surface area contributed by atoms with Crippen LogP contribution in [0.15, 0.2) is 60.7 Å². The Kier molecular flexibility index (Phi) is 6.62. The van der Waals surface area contributed by atoms with Crippen molar-refractivity contribution in [3.63, 3.8) is 0 Å². The molecule has 0 saturated carbocycles. The molecule has 136 valence electrons. The first kappa shape index (κ1) is 18.4. The van der Waals surface area contributed by atoms with Crippen molar-refractivity contribution < 1.29 is 4.79 Å². The number of nitrogens with one attached hydrogen (secondary N) is 1. The van der Waals surface area contributed by atoms with Crippen LogP contribution < -0.4 is 5.32 Å². The van der Waals surface area contributed by atoms with E-state index in [9.17, 15) is 4.79 Å². The Hall–Kier alpha value is -2.39. The van der Waals surface area contributed by atoms with E-state index in [0.717, 1.165) is 44.6 Å². The van der Waals surface area contributed by atoms with E-state index < -0.39 is 0 Å². The fourth-order valence-electron chi connectivity index (χ4n) is 3.35. The van der Waals surface area contributed by atoms with Crippen LogP contribution in [0.3, 0.4) is 0 Å². The predicted octanol–water partition coefficient (Wildman–Crippen LogP) is 4.61. The lowest BCUT2D eigenvalue weighted by atomic mass is 9.95. The molecule has 26 heavy (non-hydrogen) atoms. The van der Waals surface area contributed by atoms with Gasteiger partial charge in [-0.05, 0) is 55.6 Å². The molecule has 0 spiro atoms. The van der Waals surface area contributed by atoms with E-state index >= 15 is 0 Å². The Morgan fingerprint density at radius 1 is 1.08 bits per heavy atom. The molecule has 3 heteroatoms. The normalized spacial score (nSPS) is 16.0. The summed E-state index contributed by atoms with van der Waals surface area (Å²) in [6.07, 6.45) is 7.26. The lowest BCUT2D eigenvalue weighted by Gasteiger charge is -2.30. The lowest BCUT2D eigenvalue weighted by Crippen LogP contribution is -2.38. The number of piperidine rings is 1. The summed E-state index contributed by atoms with van der Waals surface area (Å²) in [4.78, 5) is 14.9. The Labute approximate surface area is 156 Å². The second-order valence-corrected chi connectivity index (χ2v) is 6.93. The minimum atomic E-state index is 0.121. The van der Waals surface area contributed by atoms with Gasteiger partial charge in [0, 0.05) is 18.2 Å². The van der Waals surface area contributed by atoms with Crippen molar-refractivity contribution in [2.75, 3.05) is 25.0 Å². The first-order chi connectivity index (χ1) is 12.7. The zero-order valence-corrected chi connectivity index (χ0v) is 15.5. The smallest absolute Gasteiger partial charge is 0.227 e. The SMILES string of the molecule is CCc1ccc(NC(=O)C2CCN(C/C=C/c3ccccc3)CC2)cc1. The third-order valence-corrected chi connectivity index (χ3v) is 5.06. The van der Waals surface area contributed by atoms with Crippen LogP contribution in [0, 0.1) is 5.92 Å². The summed E-state index contributed by atoms with van der Waals surface area (Å²) in [6, 6.07) is 18.5. The molecule has 3 rings (SSSR count). The summed E-state index contributed by atoms with van der Waals surface area (Å²) < 4.78 is 0. The third kappa shape index (κ3) is 5.30. The molecule has 0 aliphatic carbocycles. The number of carbonyl (C=O) groups excluding carboxylic acids is 1. The molecule has 2 aromatic rings. The van der Waals surface area contributed by atoms with E-state index in [1.807, 2.05) is 18.2 Å². The van der Waals surface area contributed by atoms with Gasteiger partial charge in [-0.25, -0.2) is 0 Å². The number of hydrogen-bond acceptors (Lipinski definition) is 2. The zero-order valence-electron chi connectivity index (χ0n) is 15.5. The van der Waals surface area contributed by atoms with Crippen LogP contribution in [0.4, 0.5) is 5.69 Å². The van der Waals surface area contributed by atoms with Gasteiger partial charge < -0.3 is 5.32 Å². The molecule has 1 heterocycles. The topological polar surface area (TPSA) is 32.3 Å². The Morgan fingerprint density at radius 2 is 1.77 bits per heavy atom. The van der Waals surface area contributed by atoms with Crippen molar-refractivity contribution >= 4 is 17.7 Å². The van der Waals surface area contributed by atoms with Crippen LogP contribution in [-0.4, -0.2) is 30.4 Å². The molecular formula is C23H28N2O.